The van der Waals surface area contributed by atoms with E-state index < -0.39 is 5.60 Å². The van der Waals surface area contributed by atoms with Gasteiger partial charge in [-0.15, -0.1) is 6.58 Å². The number of fused-ring (bicyclic) bond motifs is 4. The first kappa shape index (κ1) is 21.7. The summed E-state index contributed by atoms with van der Waals surface area (Å²) in [6.45, 7) is 6.66. The van der Waals surface area contributed by atoms with E-state index >= 15 is 0 Å². The summed E-state index contributed by atoms with van der Waals surface area (Å²) in [6, 6.07) is 8.17. The van der Waals surface area contributed by atoms with Gasteiger partial charge in [-0.3, -0.25) is 4.79 Å². The summed E-state index contributed by atoms with van der Waals surface area (Å²) in [5.74, 6) is 1.78. The monoisotopic (exact) mass is 434 g/mol. The molecule has 1 aromatic carbocycles. The Balaban J connectivity index is 1.65. The van der Waals surface area contributed by atoms with Gasteiger partial charge in [-0.25, -0.2) is 0 Å². The van der Waals surface area contributed by atoms with Gasteiger partial charge in [0.2, 0.25) is 0 Å². The number of carbonyl (C=O) groups excluding carboxylic acids is 1. The molecule has 5 rings (SSSR count). The van der Waals surface area contributed by atoms with Crippen LogP contribution in [0, 0.1) is 17.3 Å². The van der Waals surface area contributed by atoms with Crippen LogP contribution >= 0.6 is 0 Å². The number of ether oxygens (including phenoxy) is 2. The highest BCUT2D eigenvalue weighted by atomic mass is 16.5. The van der Waals surface area contributed by atoms with E-state index in [9.17, 15) is 9.90 Å². The van der Waals surface area contributed by atoms with Crippen LogP contribution in [0.15, 0.2) is 59.7 Å². The lowest BCUT2D eigenvalue weighted by molar-refractivity contribution is -0.114. The molecule has 0 radical (unpaired) electrons. The van der Waals surface area contributed by atoms with E-state index in [1.165, 1.54) is 16.7 Å². The molecule has 1 N–H and O–H groups in total. The van der Waals surface area contributed by atoms with E-state index in [0.717, 1.165) is 43.4 Å². The number of allylic oxidation sites excluding steroid dienone is 3. The molecule has 2 unspecified atom stereocenters. The van der Waals surface area contributed by atoms with E-state index in [-0.39, 0.29) is 17.3 Å². The minimum Gasteiger partial charge on any atom is -0.497 e. The van der Waals surface area contributed by atoms with Crippen molar-refractivity contribution in [3.8, 4) is 5.75 Å². The molecule has 4 heteroatoms. The Kier molecular flexibility index (Phi) is 5.42. The number of ketones is 1. The number of hydrogen-bond acceptors (Lipinski definition) is 4. The van der Waals surface area contributed by atoms with Crippen LogP contribution in [0.2, 0.25) is 0 Å². The Labute approximate surface area is 191 Å². The highest BCUT2D eigenvalue weighted by Crippen LogP contribution is 2.62. The van der Waals surface area contributed by atoms with Crippen molar-refractivity contribution < 1.29 is 19.4 Å². The predicted octanol–water partition coefficient (Wildman–Crippen LogP) is 5.49. The van der Waals surface area contributed by atoms with Crippen LogP contribution < -0.4 is 4.74 Å². The Bertz CT molecular complexity index is 987. The SMILES string of the molecule is C=CC[C@]1(O)CCC2C3CCC4=CC(=O)CCC4=C3[C@@H](c3ccc(OC)cc3)OC[C@@]21C. The smallest absolute Gasteiger partial charge is 0.156 e. The summed E-state index contributed by atoms with van der Waals surface area (Å²) in [5.41, 5.74) is 3.90. The van der Waals surface area contributed by atoms with Gasteiger partial charge in [-0.05, 0) is 90.9 Å². The molecule has 0 aromatic heterocycles. The molecule has 1 saturated carbocycles. The summed E-state index contributed by atoms with van der Waals surface area (Å²) in [5, 5.41) is 11.7. The van der Waals surface area contributed by atoms with Crippen LogP contribution in [0.1, 0.15) is 63.5 Å². The molecule has 1 aliphatic heterocycles. The summed E-state index contributed by atoms with van der Waals surface area (Å²) < 4.78 is 12.1. The minimum atomic E-state index is -0.789. The maximum atomic E-state index is 12.2. The van der Waals surface area contributed by atoms with E-state index in [0.29, 0.717) is 31.3 Å². The van der Waals surface area contributed by atoms with E-state index in [1.807, 2.05) is 24.3 Å². The van der Waals surface area contributed by atoms with Crippen molar-refractivity contribution >= 4 is 5.78 Å². The Morgan fingerprint density at radius 1 is 1.22 bits per heavy atom. The van der Waals surface area contributed by atoms with Crippen LogP contribution in [0.5, 0.6) is 5.75 Å². The molecule has 0 amide bonds. The second kappa shape index (κ2) is 8.00. The molecule has 1 heterocycles. The molecule has 170 valence electrons. The standard InChI is InChI=1S/C28H34O4/c1-4-14-28(30)15-13-24-23-11-7-19-16-20(29)8-12-22(19)25(23)26(32-17-27(24,28)2)18-5-9-21(31-3)10-6-18/h4-6,9-10,16,23-24,26,30H,1,7-8,11-15,17H2,2-3H3/t23?,24?,26-,27+,28+/m1/s1. The summed E-state index contributed by atoms with van der Waals surface area (Å²) in [6.07, 6.45) is 9.28. The molecular weight excluding hydrogens is 400 g/mol. The highest BCUT2D eigenvalue weighted by molar-refractivity contribution is 5.93. The van der Waals surface area contributed by atoms with Crippen molar-refractivity contribution in [3.05, 3.63) is 65.3 Å². The fourth-order valence-electron chi connectivity index (χ4n) is 6.98. The zero-order chi connectivity index (χ0) is 22.5. The van der Waals surface area contributed by atoms with Crippen LogP contribution in [-0.2, 0) is 9.53 Å². The van der Waals surface area contributed by atoms with Crippen LogP contribution in [0.25, 0.3) is 0 Å². The molecule has 0 bridgehead atoms. The zero-order valence-corrected chi connectivity index (χ0v) is 19.2. The first-order chi connectivity index (χ1) is 15.4. The molecule has 32 heavy (non-hydrogen) atoms. The van der Waals surface area contributed by atoms with Gasteiger partial charge >= 0.3 is 0 Å². The largest absolute Gasteiger partial charge is 0.497 e. The Morgan fingerprint density at radius 2 is 2.00 bits per heavy atom. The molecule has 0 spiro atoms. The van der Waals surface area contributed by atoms with Gasteiger partial charge in [-0.1, -0.05) is 25.1 Å². The zero-order valence-electron chi connectivity index (χ0n) is 19.2. The third kappa shape index (κ3) is 3.22. The van der Waals surface area contributed by atoms with Gasteiger partial charge in [-0.2, -0.15) is 0 Å². The van der Waals surface area contributed by atoms with Crippen molar-refractivity contribution in [1.29, 1.82) is 0 Å². The molecular formula is C28H34O4. The molecule has 2 fully saturated rings. The number of aliphatic hydroxyl groups is 1. The lowest BCUT2D eigenvalue weighted by Crippen LogP contribution is -2.48. The Morgan fingerprint density at radius 3 is 2.72 bits per heavy atom. The quantitative estimate of drug-likeness (QED) is 0.637. The normalized spacial score (nSPS) is 36.5. The fourth-order valence-corrected chi connectivity index (χ4v) is 6.98. The van der Waals surface area contributed by atoms with Gasteiger partial charge in [0.25, 0.3) is 0 Å². The maximum absolute atomic E-state index is 12.2. The molecule has 1 aromatic rings. The first-order valence-corrected chi connectivity index (χ1v) is 12.0. The van der Waals surface area contributed by atoms with Crippen molar-refractivity contribution in [1.82, 2.24) is 0 Å². The summed E-state index contributed by atoms with van der Waals surface area (Å²) in [7, 11) is 1.68. The number of benzene rings is 1. The number of hydrogen-bond donors (Lipinski definition) is 1. The topological polar surface area (TPSA) is 55.8 Å². The predicted molar refractivity (Wildman–Crippen MR) is 124 cm³/mol. The average molecular weight is 435 g/mol. The highest BCUT2D eigenvalue weighted by Gasteiger charge is 2.60. The summed E-state index contributed by atoms with van der Waals surface area (Å²) in [4.78, 5) is 12.2. The fraction of sp³-hybridized carbons (Fsp3) is 0.536. The number of rotatable bonds is 4. The van der Waals surface area contributed by atoms with Crippen molar-refractivity contribution in [2.45, 2.75) is 63.6 Å². The molecule has 4 aliphatic rings. The molecule has 1 saturated heterocycles. The van der Waals surface area contributed by atoms with Crippen LogP contribution in [0.3, 0.4) is 0 Å². The van der Waals surface area contributed by atoms with E-state index in [1.54, 1.807) is 7.11 Å². The van der Waals surface area contributed by atoms with Gasteiger partial charge in [0.05, 0.1) is 19.3 Å². The van der Waals surface area contributed by atoms with E-state index in [4.69, 9.17) is 9.47 Å². The Hall–Kier alpha value is -2.17. The lowest BCUT2D eigenvalue weighted by atomic mass is 9.61. The van der Waals surface area contributed by atoms with Gasteiger partial charge in [0, 0.05) is 11.8 Å². The molecule has 4 nitrogen and oxygen atoms in total. The lowest BCUT2D eigenvalue weighted by Gasteiger charge is -2.44. The van der Waals surface area contributed by atoms with Gasteiger partial charge in [0.15, 0.2) is 5.78 Å². The van der Waals surface area contributed by atoms with Gasteiger partial charge < -0.3 is 14.6 Å². The third-order valence-corrected chi connectivity index (χ3v) is 8.79. The number of methoxy groups -OCH3 is 1. The molecule has 3 aliphatic carbocycles. The van der Waals surface area contributed by atoms with Gasteiger partial charge in [0.1, 0.15) is 11.9 Å². The minimum absolute atomic E-state index is 0.159. The third-order valence-electron chi connectivity index (χ3n) is 8.79. The number of carbonyl (C=O) groups is 1. The second-order valence-electron chi connectivity index (χ2n) is 10.3. The maximum Gasteiger partial charge on any atom is 0.156 e. The first-order valence-electron chi connectivity index (χ1n) is 12.0. The van der Waals surface area contributed by atoms with Crippen LogP contribution in [-0.4, -0.2) is 30.2 Å². The van der Waals surface area contributed by atoms with Crippen molar-refractivity contribution in [3.63, 3.8) is 0 Å². The van der Waals surface area contributed by atoms with E-state index in [2.05, 4.69) is 25.6 Å². The van der Waals surface area contributed by atoms with Crippen molar-refractivity contribution in [2.24, 2.45) is 17.3 Å². The van der Waals surface area contributed by atoms with Crippen LogP contribution in [0.4, 0.5) is 0 Å². The molecule has 5 atom stereocenters. The van der Waals surface area contributed by atoms with Crippen molar-refractivity contribution in [2.75, 3.05) is 13.7 Å². The average Bonchev–Trinajstić information content (AvgIpc) is 2.96. The second-order valence-corrected chi connectivity index (χ2v) is 10.3. The summed E-state index contributed by atoms with van der Waals surface area (Å²) >= 11 is 0.